The van der Waals surface area contributed by atoms with E-state index in [1.807, 2.05) is 6.07 Å². The number of rotatable bonds is 4. The molecule has 1 aromatic heterocycles. The zero-order valence-corrected chi connectivity index (χ0v) is 16.1. The maximum Gasteiger partial charge on any atom is 0.259 e. The van der Waals surface area contributed by atoms with Gasteiger partial charge in [0.05, 0.1) is 26.9 Å². The van der Waals surface area contributed by atoms with Gasteiger partial charge in [-0.3, -0.25) is 4.79 Å². The third kappa shape index (κ3) is 3.95. The number of carbonyl (C=O) groups is 1. The van der Waals surface area contributed by atoms with E-state index in [4.69, 9.17) is 9.47 Å². The fraction of sp³-hybridized carbons (Fsp3) is 0.700. The number of amides is 1. The van der Waals surface area contributed by atoms with Crippen LogP contribution in [-0.4, -0.2) is 84.4 Å². The number of ether oxygens (including phenoxy) is 2. The van der Waals surface area contributed by atoms with Gasteiger partial charge in [-0.25, -0.2) is 4.98 Å². The number of methoxy groups -OCH3 is 1. The molecule has 1 N–H and O–H groups in total. The Hall–Kier alpha value is -1.70. The SMILES string of the molecule is COc1nc2c(cc1C(=O)N1CCOC[C@](O)(CN3CCCC3)C1)CCC2. The maximum atomic E-state index is 13.3. The van der Waals surface area contributed by atoms with Crippen molar-refractivity contribution in [2.24, 2.45) is 0 Å². The predicted molar refractivity (Wildman–Crippen MR) is 100 cm³/mol. The topological polar surface area (TPSA) is 75.1 Å². The van der Waals surface area contributed by atoms with Crippen molar-refractivity contribution in [2.75, 3.05) is 53.0 Å². The van der Waals surface area contributed by atoms with Crippen LogP contribution >= 0.6 is 0 Å². The molecular formula is C20H29N3O4. The molecule has 7 nitrogen and oxygen atoms in total. The van der Waals surface area contributed by atoms with E-state index in [0.29, 0.717) is 31.1 Å². The summed E-state index contributed by atoms with van der Waals surface area (Å²) in [7, 11) is 1.55. The van der Waals surface area contributed by atoms with E-state index in [1.54, 1.807) is 12.0 Å². The first kappa shape index (κ1) is 18.7. The lowest BCUT2D eigenvalue weighted by Gasteiger charge is -2.34. The van der Waals surface area contributed by atoms with Crippen molar-refractivity contribution >= 4 is 5.91 Å². The standard InChI is InChI=1S/C20H29N3O4/c1-26-18-16(11-15-5-4-6-17(15)21-18)19(24)23-9-10-27-14-20(25,13-23)12-22-7-2-3-8-22/h11,25H,2-10,12-14H2,1H3/t20-/m0/s1. The molecule has 0 unspecified atom stereocenters. The lowest BCUT2D eigenvalue weighted by atomic mass is 10.0. The Morgan fingerprint density at radius 2 is 2.11 bits per heavy atom. The summed E-state index contributed by atoms with van der Waals surface area (Å²) >= 11 is 0. The molecule has 0 saturated carbocycles. The van der Waals surface area contributed by atoms with Crippen LogP contribution in [-0.2, 0) is 17.6 Å². The van der Waals surface area contributed by atoms with Crippen molar-refractivity contribution in [1.82, 2.24) is 14.8 Å². The summed E-state index contributed by atoms with van der Waals surface area (Å²) in [6.07, 6.45) is 5.29. The molecular weight excluding hydrogens is 346 g/mol. The van der Waals surface area contributed by atoms with Crippen molar-refractivity contribution in [2.45, 2.75) is 37.7 Å². The molecule has 148 valence electrons. The highest BCUT2D eigenvalue weighted by Gasteiger charge is 2.37. The van der Waals surface area contributed by atoms with E-state index in [1.165, 1.54) is 0 Å². The third-order valence-corrected chi connectivity index (χ3v) is 5.80. The van der Waals surface area contributed by atoms with Crippen LogP contribution < -0.4 is 4.74 Å². The molecule has 0 aromatic carbocycles. The number of aryl methyl sites for hydroxylation is 2. The molecule has 4 rings (SSSR count). The second-order valence-corrected chi connectivity index (χ2v) is 7.99. The first-order chi connectivity index (χ1) is 13.1. The smallest absolute Gasteiger partial charge is 0.259 e. The molecule has 1 atom stereocenters. The number of hydrogen-bond acceptors (Lipinski definition) is 6. The van der Waals surface area contributed by atoms with Gasteiger partial charge in [0.1, 0.15) is 11.2 Å². The van der Waals surface area contributed by atoms with Gasteiger partial charge in [-0.05, 0) is 56.8 Å². The van der Waals surface area contributed by atoms with Gasteiger partial charge in [0.15, 0.2) is 0 Å². The lowest BCUT2D eigenvalue weighted by molar-refractivity contribution is -0.0524. The Kier molecular flexibility index (Phi) is 5.34. The number of hydrogen-bond donors (Lipinski definition) is 1. The largest absolute Gasteiger partial charge is 0.480 e. The molecule has 1 aliphatic carbocycles. The minimum Gasteiger partial charge on any atom is -0.480 e. The van der Waals surface area contributed by atoms with Crippen molar-refractivity contribution in [3.8, 4) is 5.88 Å². The first-order valence-corrected chi connectivity index (χ1v) is 9.96. The molecule has 3 aliphatic rings. The number of carbonyl (C=O) groups excluding carboxylic acids is 1. The van der Waals surface area contributed by atoms with E-state index in [9.17, 15) is 9.90 Å². The van der Waals surface area contributed by atoms with Gasteiger partial charge in [0.25, 0.3) is 5.91 Å². The molecule has 2 aliphatic heterocycles. The number of pyridine rings is 1. The molecule has 2 saturated heterocycles. The maximum absolute atomic E-state index is 13.3. The van der Waals surface area contributed by atoms with Gasteiger partial charge in [-0.15, -0.1) is 0 Å². The van der Waals surface area contributed by atoms with Crippen LogP contribution in [0.25, 0.3) is 0 Å². The Morgan fingerprint density at radius 1 is 1.30 bits per heavy atom. The highest BCUT2D eigenvalue weighted by atomic mass is 16.5. The zero-order chi connectivity index (χ0) is 18.9. The lowest BCUT2D eigenvalue weighted by Crippen LogP contribution is -2.53. The van der Waals surface area contributed by atoms with Gasteiger partial charge in [0, 0.05) is 18.8 Å². The summed E-state index contributed by atoms with van der Waals surface area (Å²) in [5, 5.41) is 11.2. The third-order valence-electron chi connectivity index (χ3n) is 5.80. The van der Waals surface area contributed by atoms with E-state index in [-0.39, 0.29) is 19.1 Å². The van der Waals surface area contributed by atoms with Crippen LogP contribution in [0.2, 0.25) is 0 Å². The second kappa shape index (κ2) is 7.73. The van der Waals surface area contributed by atoms with Crippen molar-refractivity contribution < 1.29 is 19.4 Å². The summed E-state index contributed by atoms with van der Waals surface area (Å²) in [6, 6.07) is 1.93. The highest BCUT2D eigenvalue weighted by molar-refractivity contribution is 5.96. The van der Waals surface area contributed by atoms with E-state index in [2.05, 4.69) is 9.88 Å². The average Bonchev–Trinajstić information content (AvgIpc) is 3.29. The van der Waals surface area contributed by atoms with E-state index in [0.717, 1.165) is 56.5 Å². The molecule has 1 aromatic rings. The zero-order valence-electron chi connectivity index (χ0n) is 16.1. The monoisotopic (exact) mass is 375 g/mol. The fourth-order valence-electron chi connectivity index (χ4n) is 4.48. The summed E-state index contributed by atoms with van der Waals surface area (Å²) in [4.78, 5) is 21.8. The van der Waals surface area contributed by atoms with E-state index < -0.39 is 5.60 Å². The fourth-order valence-corrected chi connectivity index (χ4v) is 4.48. The number of aromatic nitrogens is 1. The van der Waals surface area contributed by atoms with Crippen LogP contribution in [0.3, 0.4) is 0 Å². The minimum atomic E-state index is -1.05. The molecule has 0 spiro atoms. The minimum absolute atomic E-state index is 0.139. The summed E-state index contributed by atoms with van der Waals surface area (Å²) in [5.41, 5.74) is 1.61. The van der Waals surface area contributed by atoms with Crippen molar-refractivity contribution in [3.05, 3.63) is 22.9 Å². The molecule has 2 fully saturated rings. The van der Waals surface area contributed by atoms with Crippen molar-refractivity contribution in [3.63, 3.8) is 0 Å². The Labute approximate surface area is 160 Å². The molecule has 7 heteroatoms. The number of nitrogens with zero attached hydrogens (tertiary/aromatic N) is 3. The Balaban J connectivity index is 1.55. The average molecular weight is 375 g/mol. The van der Waals surface area contributed by atoms with Crippen LogP contribution in [0, 0.1) is 0 Å². The summed E-state index contributed by atoms with van der Waals surface area (Å²) < 4.78 is 11.1. The molecule has 27 heavy (non-hydrogen) atoms. The molecule has 0 bridgehead atoms. The van der Waals surface area contributed by atoms with Gasteiger partial charge >= 0.3 is 0 Å². The number of β-amino-alcohol motifs (C(OH)–C–C–N with tert-alkyl or cyclic N) is 1. The Bertz CT molecular complexity index is 705. The van der Waals surface area contributed by atoms with Crippen LogP contribution in [0.1, 0.15) is 40.9 Å². The predicted octanol–water partition coefficient (Wildman–Crippen LogP) is 0.878. The molecule has 3 heterocycles. The Morgan fingerprint density at radius 3 is 2.89 bits per heavy atom. The summed E-state index contributed by atoms with van der Waals surface area (Å²) in [5.74, 6) is 0.244. The highest BCUT2D eigenvalue weighted by Crippen LogP contribution is 2.28. The molecule has 1 amide bonds. The van der Waals surface area contributed by atoms with E-state index >= 15 is 0 Å². The van der Waals surface area contributed by atoms with Crippen LogP contribution in [0.5, 0.6) is 5.88 Å². The van der Waals surface area contributed by atoms with Gasteiger partial charge in [-0.2, -0.15) is 0 Å². The number of likely N-dealkylation sites (tertiary alicyclic amines) is 1. The van der Waals surface area contributed by atoms with Crippen LogP contribution in [0.4, 0.5) is 0 Å². The normalized spacial score (nSPS) is 26.1. The van der Waals surface area contributed by atoms with Gasteiger partial charge in [0.2, 0.25) is 5.88 Å². The number of aliphatic hydroxyl groups is 1. The van der Waals surface area contributed by atoms with Crippen LogP contribution in [0.15, 0.2) is 6.07 Å². The van der Waals surface area contributed by atoms with Gasteiger partial charge < -0.3 is 24.4 Å². The quantitative estimate of drug-likeness (QED) is 0.842. The van der Waals surface area contributed by atoms with Crippen molar-refractivity contribution in [1.29, 1.82) is 0 Å². The number of fused-ring (bicyclic) bond motifs is 1. The summed E-state index contributed by atoms with van der Waals surface area (Å²) in [6.45, 7) is 3.94. The van der Waals surface area contributed by atoms with Gasteiger partial charge in [-0.1, -0.05) is 0 Å². The molecule has 0 radical (unpaired) electrons. The first-order valence-electron chi connectivity index (χ1n) is 9.96. The second-order valence-electron chi connectivity index (χ2n) is 7.99.